The van der Waals surface area contributed by atoms with Gasteiger partial charge >= 0.3 is 24.4 Å². The van der Waals surface area contributed by atoms with Crippen LogP contribution in [0.4, 0.5) is 31.1 Å². The summed E-state index contributed by atoms with van der Waals surface area (Å²) in [7, 11) is 0. The van der Waals surface area contributed by atoms with Crippen LogP contribution in [0.2, 0.25) is 0 Å². The number of carbonyl (C=O) groups is 2. The zero-order chi connectivity index (χ0) is 27.0. The Morgan fingerprint density at radius 3 is 1.78 bits per heavy atom. The third kappa shape index (κ3) is 5.71. The summed E-state index contributed by atoms with van der Waals surface area (Å²) in [6.45, 7) is -0.159. The number of ether oxygens (including phenoxy) is 1. The fraction of sp³-hybridized carbons (Fsp3) is 0.231. The van der Waals surface area contributed by atoms with Crippen LogP contribution in [0.5, 0.6) is 0 Å². The van der Waals surface area contributed by atoms with Crippen molar-refractivity contribution in [3.05, 3.63) is 94.5 Å². The molecule has 0 radical (unpaired) electrons. The normalized spacial score (nSPS) is 14.0. The molecule has 0 fully saturated rings. The number of hydrogen-bond donors (Lipinski definition) is 2. The molecule has 0 aromatic heterocycles. The van der Waals surface area contributed by atoms with Crippen LogP contribution < -0.4 is 5.32 Å². The fourth-order valence-electron chi connectivity index (χ4n) is 4.36. The molecule has 1 amide bonds. The summed E-state index contributed by atoms with van der Waals surface area (Å²) in [5.41, 5.74) is -0.00959. The highest BCUT2D eigenvalue weighted by molar-refractivity contribution is 5.81. The van der Waals surface area contributed by atoms with Gasteiger partial charge in [-0.15, -0.1) is 0 Å². The molecular formula is C26H19F6NO4. The minimum Gasteiger partial charge on any atom is -0.480 e. The summed E-state index contributed by atoms with van der Waals surface area (Å²) in [5, 5.41) is 11.5. The first-order valence-electron chi connectivity index (χ1n) is 11.0. The average Bonchev–Trinajstić information content (AvgIpc) is 3.15. The van der Waals surface area contributed by atoms with Crippen LogP contribution in [-0.2, 0) is 28.3 Å². The molecule has 0 saturated carbocycles. The third-order valence-corrected chi connectivity index (χ3v) is 6.02. The van der Waals surface area contributed by atoms with Gasteiger partial charge in [0.25, 0.3) is 0 Å². The van der Waals surface area contributed by atoms with Crippen molar-refractivity contribution in [1.82, 2.24) is 5.32 Å². The molecule has 3 aromatic carbocycles. The molecule has 1 atom stereocenters. The highest BCUT2D eigenvalue weighted by Gasteiger charge is 2.37. The number of aliphatic carboxylic acids is 1. The van der Waals surface area contributed by atoms with E-state index < -0.39 is 53.6 Å². The predicted octanol–water partition coefficient (Wildman–Crippen LogP) is 6.26. The second kappa shape index (κ2) is 9.79. The summed E-state index contributed by atoms with van der Waals surface area (Å²) >= 11 is 0. The molecule has 11 heteroatoms. The van der Waals surface area contributed by atoms with Crippen LogP contribution in [0.15, 0.2) is 66.7 Å². The first kappa shape index (κ1) is 26.1. The Bertz CT molecular complexity index is 1260. The number of carboxylic acid groups (broad SMARTS) is 1. The summed E-state index contributed by atoms with van der Waals surface area (Å²) in [6.07, 6.45) is -12.2. The molecule has 1 aliphatic rings. The van der Waals surface area contributed by atoms with Gasteiger partial charge in [-0.05, 0) is 46.0 Å². The van der Waals surface area contributed by atoms with Gasteiger partial charge in [-0.25, -0.2) is 9.59 Å². The minimum absolute atomic E-state index is 0.0573. The molecule has 4 rings (SSSR count). The maximum Gasteiger partial charge on any atom is 0.416 e. The summed E-state index contributed by atoms with van der Waals surface area (Å²) < 4.78 is 84.0. The van der Waals surface area contributed by atoms with E-state index in [0.29, 0.717) is 12.1 Å². The molecule has 194 valence electrons. The van der Waals surface area contributed by atoms with Crippen LogP contribution in [0.25, 0.3) is 11.1 Å². The Balaban J connectivity index is 1.49. The molecule has 1 aliphatic carbocycles. The Labute approximate surface area is 206 Å². The van der Waals surface area contributed by atoms with Crippen molar-refractivity contribution >= 4 is 12.1 Å². The minimum atomic E-state index is -5.09. The van der Waals surface area contributed by atoms with Gasteiger partial charge in [0.1, 0.15) is 12.6 Å². The first-order chi connectivity index (χ1) is 17.3. The Hall–Kier alpha value is -4.02. The van der Waals surface area contributed by atoms with E-state index in [9.17, 15) is 41.0 Å². The lowest BCUT2D eigenvalue weighted by molar-refractivity contribution is -0.143. The van der Waals surface area contributed by atoms with Gasteiger partial charge in [-0.1, -0.05) is 48.5 Å². The van der Waals surface area contributed by atoms with E-state index in [1.54, 1.807) is 0 Å². The van der Waals surface area contributed by atoms with Crippen molar-refractivity contribution in [2.75, 3.05) is 6.61 Å². The Morgan fingerprint density at radius 1 is 0.838 bits per heavy atom. The standard InChI is InChI=1S/C26H19F6NO4/c27-25(28,29)15-9-14(10-16(12-15)26(30,31)32)11-22(23(34)35)33-24(36)37-13-21-19-7-3-1-5-17(19)18-6-2-4-8-20(18)21/h1-10,12,21-22H,11,13H2,(H,33,36)(H,34,35). The molecule has 2 N–H and O–H groups in total. The number of amides is 1. The van der Waals surface area contributed by atoms with E-state index >= 15 is 0 Å². The number of benzene rings is 3. The van der Waals surface area contributed by atoms with Gasteiger partial charge in [0, 0.05) is 12.3 Å². The zero-order valence-corrected chi connectivity index (χ0v) is 18.9. The lowest BCUT2D eigenvalue weighted by Crippen LogP contribution is -2.43. The van der Waals surface area contributed by atoms with Crippen molar-refractivity contribution < 1.29 is 45.8 Å². The average molecular weight is 523 g/mol. The lowest BCUT2D eigenvalue weighted by atomic mass is 9.98. The quantitative estimate of drug-likeness (QED) is 0.374. The highest BCUT2D eigenvalue weighted by atomic mass is 19.4. The van der Waals surface area contributed by atoms with Gasteiger partial charge < -0.3 is 15.2 Å². The predicted molar refractivity (Wildman–Crippen MR) is 120 cm³/mol. The van der Waals surface area contributed by atoms with Gasteiger partial charge in [0.15, 0.2) is 0 Å². The van der Waals surface area contributed by atoms with Crippen LogP contribution in [-0.4, -0.2) is 29.8 Å². The van der Waals surface area contributed by atoms with E-state index in [1.165, 1.54) is 0 Å². The number of alkyl halides is 6. The van der Waals surface area contributed by atoms with Crippen molar-refractivity contribution in [3.8, 4) is 11.1 Å². The second-order valence-corrected chi connectivity index (χ2v) is 8.48. The van der Waals surface area contributed by atoms with E-state index in [4.69, 9.17) is 4.74 Å². The SMILES string of the molecule is O=C(NC(Cc1cc(C(F)(F)F)cc(C(F)(F)F)c1)C(=O)O)OCC1c2ccccc2-c2ccccc21. The molecule has 0 saturated heterocycles. The zero-order valence-electron chi connectivity index (χ0n) is 18.9. The van der Waals surface area contributed by atoms with Gasteiger partial charge in [0.2, 0.25) is 0 Å². The first-order valence-corrected chi connectivity index (χ1v) is 11.0. The fourth-order valence-corrected chi connectivity index (χ4v) is 4.36. The van der Waals surface area contributed by atoms with E-state index in [0.717, 1.165) is 22.3 Å². The topological polar surface area (TPSA) is 75.6 Å². The van der Waals surface area contributed by atoms with E-state index in [2.05, 4.69) is 0 Å². The Kier molecular flexibility index (Phi) is 6.90. The maximum atomic E-state index is 13.1. The monoisotopic (exact) mass is 523 g/mol. The molecule has 1 unspecified atom stereocenters. The number of rotatable bonds is 6. The van der Waals surface area contributed by atoms with E-state index in [-0.39, 0.29) is 18.6 Å². The molecule has 0 heterocycles. The summed E-state index contributed by atoms with van der Waals surface area (Å²) in [4.78, 5) is 24.1. The molecule has 5 nitrogen and oxygen atoms in total. The third-order valence-electron chi connectivity index (χ3n) is 6.02. The number of hydrogen-bond acceptors (Lipinski definition) is 3. The van der Waals surface area contributed by atoms with E-state index in [1.807, 2.05) is 53.8 Å². The summed E-state index contributed by atoms with van der Waals surface area (Å²) in [5.74, 6) is -1.99. The van der Waals surface area contributed by atoms with Crippen molar-refractivity contribution in [3.63, 3.8) is 0 Å². The molecule has 3 aromatic rings. The molecule has 0 aliphatic heterocycles. The van der Waals surface area contributed by atoms with Crippen LogP contribution in [0.1, 0.15) is 33.7 Å². The van der Waals surface area contributed by atoms with Crippen LogP contribution in [0.3, 0.4) is 0 Å². The van der Waals surface area contributed by atoms with Crippen molar-refractivity contribution in [1.29, 1.82) is 0 Å². The number of carbonyl (C=O) groups excluding carboxylic acids is 1. The smallest absolute Gasteiger partial charge is 0.416 e. The largest absolute Gasteiger partial charge is 0.480 e. The lowest BCUT2D eigenvalue weighted by Gasteiger charge is -2.19. The maximum absolute atomic E-state index is 13.1. The number of halogens is 6. The second-order valence-electron chi connectivity index (χ2n) is 8.48. The van der Waals surface area contributed by atoms with Crippen LogP contribution in [0, 0.1) is 0 Å². The molecular weight excluding hydrogens is 504 g/mol. The van der Waals surface area contributed by atoms with Gasteiger partial charge in [-0.3, -0.25) is 0 Å². The number of alkyl carbamates (subject to hydrolysis) is 1. The van der Waals surface area contributed by atoms with Gasteiger partial charge in [-0.2, -0.15) is 26.3 Å². The molecule has 0 spiro atoms. The molecule has 37 heavy (non-hydrogen) atoms. The molecule has 0 bridgehead atoms. The summed E-state index contributed by atoms with van der Waals surface area (Å²) in [6, 6.07) is 13.9. The number of carboxylic acids is 1. The van der Waals surface area contributed by atoms with Crippen molar-refractivity contribution in [2.45, 2.75) is 30.7 Å². The number of nitrogens with one attached hydrogen (secondary N) is 1. The van der Waals surface area contributed by atoms with Crippen molar-refractivity contribution in [2.24, 2.45) is 0 Å². The van der Waals surface area contributed by atoms with Gasteiger partial charge in [0.05, 0.1) is 11.1 Å². The highest BCUT2D eigenvalue weighted by Crippen LogP contribution is 2.44. The Morgan fingerprint density at radius 2 is 1.32 bits per heavy atom. The van der Waals surface area contributed by atoms with Crippen LogP contribution >= 0.6 is 0 Å². The number of fused-ring (bicyclic) bond motifs is 3.